The lowest BCUT2D eigenvalue weighted by molar-refractivity contribution is -0.136. The summed E-state index contributed by atoms with van der Waals surface area (Å²) in [5.41, 5.74) is -1.17. The van der Waals surface area contributed by atoms with Crippen molar-refractivity contribution in [3.05, 3.63) is 48.2 Å². The number of aromatic nitrogens is 5. The maximum absolute atomic E-state index is 12.9. The van der Waals surface area contributed by atoms with Crippen LogP contribution in [-0.4, -0.2) is 30.3 Å². The second-order valence-electron chi connectivity index (χ2n) is 5.11. The molecule has 0 spiro atoms. The molecule has 0 aliphatic rings. The summed E-state index contributed by atoms with van der Waals surface area (Å²) in [4.78, 5) is 12.1. The Balaban J connectivity index is 1.78. The lowest BCUT2D eigenvalue weighted by Gasteiger charge is -2.12. The van der Waals surface area contributed by atoms with Crippen LogP contribution in [0.15, 0.2) is 36.8 Å². The predicted molar refractivity (Wildman–Crippen MR) is 76.8 cm³/mol. The van der Waals surface area contributed by atoms with Gasteiger partial charge >= 0.3 is 6.18 Å². The molecule has 0 saturated heterocycles. The molecule has 0 aliphatic heterocycles. The molecule has 0 aromatic carbocycles. The zero-order valence-electron chi connectivity index (χ0n) is 12.5. The highest BCUT2D eigenvalue weighted by molar-refractivity contribution is 5.79. The fourth-order valence-electron chi connectivity index (χ4n) is 2.25. The van der Waals surface area contributed by atoms with Crippen LogP contribution in [0.5, 0.6) is 0 Å². The molecule has 1 atom stereocenters. The number of nitrogens with one attached hydrogen (secondary N) is 1. The summed E-state index contributed by atoms with van der Waals surface area (Å²) in [6.45, 7) is 1.61. The van der Waals surface area contributed by atoms with Gasteiger partial charge in [0.15, 0.2) is 11.5 Å². The fraction of sp³-hybridized carbons (Fsp3) is 0.286. The highest BCUT2D eigenvalue weighted by Gasteiger charge is 2.34. The van der Waals surface area contributed by atoms with E-state index >= 15 is 0 Å². The van der Waals surface area contributed by atoms with Crippen molar-refractivity contribution in [3.63, 3.8) is 0 Å². The average molecular weight is 338 g/mol. The molecule has 0 aliphatic carbocycles. The smallest absolute Gasteiger partial charge is 0.347 e. The standard InChI is InChI=1S/C14H13F3N6O/c1-9(23-7-3-5-19-23)13(24)18-8-11-20-21-12-10(14(15,16)17)4-2-6-22(11)12/h2-7,9H,8H2,1H3,(H,18,24). The Bertz CT molecular complexity index is 855. The van der Waals surface area contributed by atoms with Gasteiger partial charge in [0, 0.05) is 18.6 Å². The summed E-state index contributed by atoms with van der Waals surface area (Å²) < 4.78 is 41.5. The second-order valence-corrected chi connectivity index (χ2v) is 5.11. The van der Waals surface area contributed by atoms with Gasteiger partial charge in [-0.3, -0.25) is 13.9 Å². The van der Waals surface area contributed by atoms with Crippen LogP contribution in [0.3, 0.4) is 0 Å². The van der Waals surface area contributed by atoms with E-state index in [-0.39, 0.29) is 23.9 Å². The van der Waals surface area contributed by atoms with Crippen molar-refractivity contribution in [1.29, 1.82) is 0 Å². The fourth-order valence-corrected chi connectivity index (χ4v) is 2.25. The Kier molecular flexibility index (Phi) is 3.96. The Morgan fingerprint density at radius 2 is 2.08 bits per heavy atom. The van der Waals surface area contributed by atoms with Gasteiger partial charge in [0.2, 0.25) is 5.91 Å². The predicted octanol–water partition coefficient (Wildman–Crippen LogP) is 1.82. The van der Waals surface area contributed by atoms with Gasteiger partial charge in [-0.2, -0.15) is 18.3 Å². The van der Waals surface area contributed by atoms with Crippen molar-refractivity contribution in [1.82, 2.24) is 29.7 Å². The van der Waals surface area contributed by atoms with Crippen LogP contribution in [0.25, 0.3) is 5.65 Å². The average Bonchev–Trinajstić information content (AvgIpc) is 3.20. The third-order valence-electron chi connectivity index (χ3n) is 3.53. The summed E-state index contributed by atoms with van der Waals surface area (Å²) >= 11 is 0. The van der Waals surface area contributed by atoms with Crippen molar-refractivity contribution in [2.45, 2.75) is 25.7 Å². The van der Waals surface area contributed by atoms with Crippen LogP contribution in [0.2, 0.25) is 0 Å². The van der Waals surface area contributed by atoms with Crippen molar-refractivity contribution in [3.8, 4) is 0 Å². The van der Waals surface area contributed by atoms with Gasteiger partial charge in [0.1, 0.15) is 11.6 Å². The van der Waals surface area contributed by atoms with Crippen LogP contribution in [0.4, 0.5) is 13.2 Å². The molecule has 1 amide bonds. The van der Waals surface area contributed by atoms with Crippen LogP contribution in [0.1, 0.15) is 24.4 Å². The number of rotatable bonds is 4. The van der Waals surface area contributed by atoms with Gasteiger partial charge in [-0.25, -0.2) is 0 Å². The third kappa shape index (κ3) is 2.94. The van der Waals surface area contributed by atoms with Gasteiger partial charge < -0.3 is 5.32 Å². The van der Waals surface area contributed by atoms with E-state index in [4.69, 9.17) is 0 Å². The van der Waals surface area contributed by atoms with E-state index in [1.807, 2.05) is 0 Å². The Morgan fingerprint density at radius 1 is 1.29 bits per heavy atom. The molecular weight excluding hydrogens is 325 g/mol. The lowest BCUT2D eigenvalue weighted by atomic mass is 10.2. The van der Waals surface area contributed by atoms with Crippen LogP contribution in [-0.2, 0) is 17.5 Å². The molecule has 10 heteroatoms. The number of fused-ring (bicyclic) bond motifs is 1. The number of alkyl halides is 3. The van der Waals surface area contributed by atoms with Crippen LogP contribution >= 0.6 is 0 Å². The highest BCUT2D eigenvalue weighted by Crippen LogP contribution is 2.31. The largest absolute Gasteiger partial charge is 0.420 e. The monoisotopic (exact) mass is 338 g/mol. The van der Waals surface area contributed by atoms with Crippen LogP contribution < -0.4 is 5.32 Å². The summed E-state index contributed by atoms with van der Waals surface area (Å²) in [5.74, 6) is -0.125. The minimum atomic E-state index is -4.52. The Labute approximate surface area is 134 Å². The zero-order chi connectivity index (χ0) is 17.3. The van der Waals surface area contributed by atoms with E-state index in [2.05, 4.69) is 20.6 Å². The minimum Gasteiger partial charge on any atom is -0.347 e. The molecule has 24 heavy (non-hydrogen) atoms. The van der Waals surface area contributed by atoms with Gasteiger partial charge in [0.05, 0.1) is 6.54 Å². The molecule has 3 aromatic rings. The van der Waals surface area contributed by atoms with E-state index < -0.39 is 17.8 Å². The van der Waals surface area contributed by atoms with Crippen LogP contribution in [0, 0.1) is 0 Å². The quantitative estimate of drug-likeness (QED) is 0.787. The van der Waals surface area contributed by atoms with Crippen molar-refractivity contribution in [2.75, 3.05) is 0 Å². The summed E-state index contributed by atoms with van der Waals surface area (Å²) in [7, 11) is 0. The Morgan fingerprint density at radius 3 is 2.75 bits per heavy atom. The molecule has 0 radical (unpaired) electrons. The maximum atomic E-state index is 12.9. The van der Waals surface area contributed by atoms with Crippen molar-refractivity contribution < 1.29 is 18.0 Å². The topological polar surface area (TPSA) is 77.1 Å². The number of carbonyl (C=O) groups excluding carboxylic acids is 1. The van der Waals surface area contributed by atoms with Crippen molar-refractivity contribution in [2.24, 2.45) is 0 Å². The first-order chi connectivity index (χ1) is 11.4. The molecule has 0 saturated carbocycles. The zero-order valence-corrected chi connectivity index (χ0v) is 12.5. The summed E-state index contributed by atoms with van der Waals surface area (Å²) in [6, 6.07) is 3.34. The molecule has 3 aromatic heterocycles. The number of nitrogens with zero attached hydrogens (tertiary/aromatic N) is 5. The number of hydrogen-bond acceptors (Lipinski definition) is 4. The molecule has 0 bridgehead atoms. The summed E-state index contributed by atoms with van der Waals surface area (Å²) in [5, 5.41) is 13.9. The lowest BCUT2D eigenvalue weighted by Crippen LogP contribution is -2.31. The highest BCUT2D eigenvalue weighted by atomic mass is 19.4. The number of carbonyl (C=O) groups is 1. The van der Waals surface area contributed by atoms with E-state index in [1.54, 1.807) is 25.4 Å². The van der Waals surface area contributed by atoms with Gasteiger partial charge in [0.25, 0.3) is 0 Å². The molecular formula is C14H13F3N6O. The first-order valence-corrected chi connectivity index (χ1v) is 7.04. The van der Waals surface area contributed by atoms with Gasteiger partial charge in [-0.15, -0.1) is 10.2 Å². The third-order valence-corrected chi connectivity index (χ3v) is 3.53. The maximum Gasteiger partial charge on any atom is 0.420 e. The molecule has 7 nitrogen and oxygen atoms in total. The molecule has 126 valence electrons. The second kappa shape index (κ2) is 5.95. The summed E-state index contributed by atoms with van der Waals surface area (Å²) in [6.07, 6.45) is 0.0917. The SMILES string of the molecule is CC(C(=O)NCc1nnc2c(C(F)(F)F)cccn12)n1cccn1. The Hall–Kier alpha value is -2.91. The van der Waals surface area contributed by atoms with E-state index in [1.165, 1.54) is 21.3 Å². The van der Waals surface area contributed by atoms with E-state index in [9.17, 15) is 18.0 Å². The minimum absolute atomic E-state index is 0.0487. The first-order valence-electron chi connectivity index (χ1n) is 7.04. The molecule has 0 fully saturated rings. The molecule has 3 heterocycles. The number of hydrogen-bond donors (Lipinski definition) is 1. The molecule has 1 unspecified atom stereocenters. The van der Waals surface area contributed by atoms with Crippen molar-refractivity contribution >= 4 is 11.6 Å². The molecule has 3 rings (SSSR count). The van der Waals surface area contributed by atoms with E-state index in [0.29, 0.717) is 0 Å². The number of pyridine rings is 1. The number of amides is 1. The molecule has 1 N–H and O–H groups in total. The van der Waals surface area contributed by atoms with Gasteiger partial charge in [-0.05, 0) is 25.1 Å². The number of halogens is 3. The normalized spacial score (nSPS) is 13.2. The van der Waals surface area contributed by atoms with Gasteiger partial charge in [-0.1, -0.05) is 0 Å². The van der Waals surface area contributed by atoms with E-state index in [0.717, 1.165) is 6.07 Å². The first kappa shape index (κ1) is 16.0.